The van der Waals surface area contributed by atoms with Gasteiger partial charge in [-0.1, -0.05) is 6.92 Å². The van der Waals surface area contributed by atoms with Gasteiger partial charge in [-0.05, 0) is 12.8 Å². The van der Waals surface area contributed by atoms with Crippen LogP contribution >= 0.6 is 0 Å². The summed E-state index contributed by atoms with van der Waals surface area (Å²) in [4.78, 5) is 13.4. The molecule has 0 spiro atoms. The van der Waals surface area contributed by atoms with Crippen LogP contribution in [-0.4, -0.2) is 48.2 Å². The second kappa shape index (κ2) is 4.58. The van der Waals surface area contributed by atoms with Crippen molar-refractivity contribution in [3.05, 3.63) is 0 Å². The van der Waals surface area contributed by atoms with Crippen molar-refractivity contribution in [2.24, 2.45) is 5.92 Å². The van der Waals surface area contributed by atoms with E-state index in [4.69, 9.17) is 5.11 Å². The molecule has 0 aliphatic carbocycles. The Hall–Kier alpha value is -0.610. The van der Waals surface area contributed by atoms with E-state index in [9.17, 15) is 4.79 Å². The monoisotopic (exact) mass is 186 g/mol. The molecule has 4 nitrogen and oxygen atoms in total. The highest BCUT2D eigenvalue weighted by atomic mass is 16.3. The van der Waals surface area contributed by atoms with Gasteiger partial charge in [-0.2, -0.15) is 0 Å². The van der Waals surface area contributed by atoms with Gasteiger partial charge in [-0.3, -0.25) is 4.79 Å². The number of carbonyl (C=O) groups is 1. The third-order valence-corrected chi connectivity index (χ3v) is 2.36. The number of nitrogens with one attached hydrogen (secondary N) is 1. The first-order valence-electron chi connectivity index (χ1n) is 4.78. The zero-order valence-corrected chi connectivity index (χ0v) is 8.29. The molecular weight excluding hydrogens is 168 g/mol. The zero-order valence-electron chi connectivity index (χ0n) is 8.29. The summed E-state index contributed by atoms with van der Waals surface area (Å²) in [6.45, 7) is 6.24. The van der Waals surface area contributed by atoms with E-state index in [1.54, 1.807) is 0 Å². The van der Waals surface area contributed by atoms with E-state index in [0.717, 1.165) is 13.1 Å². The summed E-state index contributed by atoms with van der Waals surface area (Å²) >= 11 is 0. The lowest BCUT2D eigenvalue weighted by molar-refractivity contribution is -0.135. The lowest BCUT2D eigenvalue weighted by Crippen LogP contribution is -2.54. The van der Waals surface area contributed by atoms with Gasteiger partial charge in [0.25, 0.3) is 0 Å². The van der Waals surface area contributed by atoms with Gasteiger partial charge >= 0.3 is 0 Å². The summed E-state index contributed by atoms with van der Waals surface area (Å²) in [6, 6.07) is -0.0698. The molecule has 0 aromatic rings. The highest BCUT2D eigenvalue weighted by molar-refractivity contribution is 5.82. The first-order chi connectivity index (χ1) is 6.15. The molecule has 13 heavy (non-hydrogen) atoms. The van der Waals surface area contributed by atoms with Gasteiger partial charge < -0.3 is 15.3 Å². The third kappa shape index (κ3) is 2.67. The van der Waals surface area contributed by atoms with Crippen molar-refractivity contribution < 1.29 is 9.90 Å². The Morgan fingerprint density at radius 1 is 1.77 bits per heavy atom. The predicted octanol–water partition coefficient (Wildman–Crippen LogP) is -0.565. The first-order valence-corrected chi connectivity index (χ1v) is 4.78. The van der Waals surface area contributed by atoms with Crippen LogP contribution in [-0.2, 0) is 4.79 Å². The topological polar surface area (TPSA) is 52.6 Å². The van der Waals surface area contributed by atoms with Crippen LogP contribution in [0, 0.1) is 5.92 Å². The number of aliphatic hydroxyl groups is 1. The number of hydrogen-bond acceptors (Lipinski definition) is 3. The molecule has 1 fully saturated rings. The van der Waals surface area contributed by atoms with Gasteiger partial charge in [-0.25, -0.2) is 0 Å². The molecule has 2 N–H and O–H groups in total. The lowest BCUT2D eigenvalue weighted by Gasteiger charge is -2.32. The smallest absolute Gasteiger partial charge is 0.239 e. The van der Waals surface area contributed by atoms with Crippen molar-refractivity contribution in [1.82, 2.24) is 10.2 Å². The van der Waals surface area contributed by atoms with Crippen LogP contribution in [0.15, 0.2) is 0 Å². The summed E-state index contributed by atoms with van der Waals surface area (Å²) in [5, 5.41) is 12.0. The van der Waals surface area contributed by atoms with Crippen molar-refractivity contribution in [3.63, 3.8) is 0 Å². The molecule has 1 heterocycles. The van der Waals surface area contributed by atoms with Crippen LogP contribution in [0.4, 0.5) is 0 Å². The van der Waals surface area contributed by atoms with Crippen molar-refractivity contribution in [1.29, 1.82) is 0 Å². The minimum Gasteiger partial charge on any atom is -0.396 e. The van der Waals surface area contributed by atoms with Crippen LogP contribution < -0.4 is 5.32 Å². The van der Waals surface area contributed by atoms with E-state index in [-0.39, 0.29) is 24.5 Å². The maximum atomic E-state index is 11.6. The van der Waals surface area contributed by atoms with Crippen molar-refractivity contribution in [2.75, 3.05) is 26.2 Å². The van der Waals surface area contributed by atoms with Gasteiger partial charge in [0, 0.05) is 26.2 Å². The Labute approximate surface area is 78.9 Å². The van der Waals surface area contributed by atoms with E-state index in [1.165, 1.54) is 0 Å². The molecule has 2 atom stereocenters. The van der Waals surface area contributed by atoms with Crippen molar-refractivity contribution in [3.8, 4) is 0 Å². The molecule has 1 saturated heterocycles. The van der Waals surface area contributed by atoms with Crippen LogP contribution in [0.2, 0.25) is 0 Å². The molecular formula is C9H18N2O2. The maximum Gasteiger partial charge on any atom is 0.239 e. The number of aliphatic hydroxyl groups excluding tert-OH is 1. The van der Waals surface area contributed by atoms with E-state index < -0.39 is 0 Å². The zero-order chi connectivity index (χ0) is 9.84. The van der Waals surface area contributed by atoms with Gasteiger partial charge in [0.05, 0.1) is 6.04 Å². The molecule has 1 aliphatic heterocycles. The van der Waals surface area contributed by atoms with Crippen LogP contribution in [0.25, 0.3) is 0 Å². The van der Waals surface area contributed by atoms with Gasteiger partial charge in [-0.15, -0.1) is 0 Å². The van der Waals surface area contributed by atoms with Gasteiger partial charge in [0.15, 0.2) is 0 Å². The Morgan fingerprint density at radius 2 is 2.46 bits per heavy atom. The molecule has 76 valence electrons. The maximum absolute atomic E-state index is 11.6. The summed E-state index contributed by atoms with van der Waals surface area (Å²) in [7, 11) is 0. The lowest BCUT2D eigenvalue weighted by atomic mass is 10.1. The average Bonchev–Trinajstić information content (AvgIpc) is 2.13. The summed E-state index contributed by atoms with van der Waals surface area (Å²) in [5.41, 5.74) is 0. The standard InChI is InChI=1S/C9H18N2O2/c1-7(6-12)5-11-4-3-10-8(2)9(11)13/h7-8,10,12H,3-6H2,1-2H3. The average molecular weight is 186 g/mol. The summed E-state index contributed by atoms with van der Waals surface area (Å²) in [5.74, 6) is 0.320. The molecule has 0 aromatic carbocycles. The minimum atomic E-state index is -0.0698. The molecule has 0 aromatic heterocycles. The number of carbonyl (C=O) groups excluding carboxylic acids is 1. The fourth-order valence-corrected chi connectivity index (χ4v) is 1.50. The fraction of sp³-hybridized carbons (Fsp3) is 0.889. The highest BCUT2D eigenvalue weighted by Crippen LogP contribution is 2.04. The normalized spacial score (nSPS) is 26.2. The largest absolute Gasteiger partial charge is 0.396 e. The fourth-order valence-electron chi connectivity index (χ4n) is 1.50. The predicted molar refractivity (Wildman–Crippen MR) is 50.3 cm³/mol. The van der Waals surface area contributed by atoms with Gasteiger partial charge in [0.1, 0.15) is 0 Å². The molecule has 4 heteroatoms. The quantitative estimate of drug-likeness (QED) is 0.621. The summed E-state index contributed by atoms with van der Waals surface area (Å²) < 4.78 is 0. The number of amides is 1. The van der Waals surface area contributed by atoms with Crippen LogP contribution in [0.3, 0.4) is 0 Å². The third-order valence-electron chi connectivity index (χ3n) is 2.36. The molecule has 0 saturated carbocycles. The van der Waals surface area contributed by atoms with E-state index in [1.807, 2.05) is 18.7 Å². The molecule has 0 bridgehead atoms. The first kappa shape index (κ1) is 10.5. The molecule has 1 amide bonds. The van der Waals surface area contributed by atoms with Crippen LogP contribution in [0.5, 0.6) is 0 Å². The SMILES string of the molecule is CC(CO)CN1CCNC(C)C1=O. The Morgan fingerprint density at radius 3 is 3.08 bits per heavy atom. The Bertz CT molecular complexity index is 184. The number of piperazine rings is 1. The second-order valence-corrected chi connectivity index (χ2v) is 3.75. The molecule has 1 rings (SSSR count). The van der Waals surface area contributed by atoms with Crippen molar-refractivity contribution >= 4 is 5.91 Å². The highest BCUT2D eigenvalue weighted by Gasteiger charge is 2.25. The molecule has 2 unspecified atom stereocenters. The number of rotatable bonds is 3. The van der Waals surface area contributed by atoms with Crippen molar-refractivity contribution in [2.45, 2.75) is 19.9 Å². The molecule has 0 radical (unpaired) electrons. The Kier molecular flexibility index (Phi) is 3.69. The molecule has 1 aliphatic rings. The number of hydrogen-bond donors (Lipinski definition) is 2. The second-order valence-electron chi connectivity index (χ2n) is 3.75. The van der Waals surface area contributed by atoms with Gasteiger partial charge in [0.2, 0.25) is 5.91 Å². The number of nitrogens with zero attached hydrogens (tertiary/aromatic N) is 1. The summed E-state index contributed by atoms with van der Waals surface area (Å²) in [6.07, 6.45) is 0. The minimum absolute atomic E-state index is 0.0698. The van der Waals surface area contributed by atoms with E-state index >= 15 is 0 Å². The van der Waals surface area contributed by atoms with E-state index in [2.05, 4.69) is 5.32 Å². The Balaban J connectivity index is 2.44. The van der Waals surface area contributed by atoms with E-state index in [0.29, 0.717) is 6.54 Å². The van der Waals surface area contributed by atoms with Crippen LogP contribution in [0.1, 0.15) is 13.8 Å².